The number of hydrogen-bond acceptors (Lipinski definition) is 1. The van der Waals surface area contributed by atoms with Crippen LogP contribution in [0.15, 0.2) is 40.2 Å². The van der Waals surface area contributed by atoms with E-state index in [1.807, 2.05) is 0 Å². The van der Waals surface area contributed by atoms with E-state index >= 15 is 0 Å². The summed E-state index contributed by atoms with van der Waals surface area (Å²) in [5.41, 5.74) is 2.83. The van der Waals surface area contributed by atoms with E-state index in [-0.39, 0.29) is 10.8 Å². The van der Waals surface area contributed by atoms with Gasteiger partial charge in [-0.25, -0.2) is 0 Å². The van der Waals surface area contributed by atoms with E-state index in [9.17, 15) is 0 Å². The van der Waals surface area contributed by atoms with Gasteiger partial charge >= 0.3 is 0 Å². The van der Waals surface area contributed by atoms with Crippen molar-refractivity contribution < 1.29 is 0 Å². The maximum absolute atomic E-state index is 6.77. The third-order valence-corrected chi connectivity index (χ3v) is 6.73. The van der Waals surface area contributed by atoms with E-state index in [0.29, 0.717) is 0 Å². The monoisotopic (exact) mass is 340 g/mol. The molecule has 3 heteroatoms. The minimum Gasteiger partial charge on any atom is -0.131 e. The van der Waals surface area contributed by atoms with Crippen LogP contribution in [0.25, 0.3) is 0 Å². The number of hydrogen-bond donors (Lipinski definition) is 0. The summed E-state index contributed by atoms with van der Waals surface area (Å²) in [6, 6.07) is 12.9. The summed E-state index contributed by atoms with van der Waals surface area (Å²) in [4.78, 5) is 1.28. The summed E-state index contributed by atoms with van der Waals surface area (Å²) < 4.78 is 1.20. The quantitative estimate of drug-likeness (QED) is 0.616. The molecule has 0 nitrogen and oxygen atoms in total. The highest BCUT2D eigenvalue weighted by molar-refractivity contribution is 9.11. The number of aryl methyl sites for hydroxylation is 1. The van der Waals surface area contributed by atoms with Gasteiger partial charge in [0, 0.05) is 10.3 Å². The van der Waals surface area contributed by atoms with Crippen molar-refractivity contribution in [3.63, 3.8) is 0 Å². The second-order valence-corrected chi connectivity index (χ2v) is 7.83. The van der Waals surface area contributed by atoms with E-state index < -0.39 is 0 Å². The molecule has 1 unspecified atom stereocenters. The Morgan fingerprint density at radius 2 is 1.94 bits per heavy atom. The maximum atomic E-state index is 6.77. The molecule has 0 radical (unpaired) electrons. The van der Waals surface area contributed by atoms with Crippen LogP contribution in [0.1, 0.15) is 34.2 Å². The van der Waals surface area contributed by atoms with E-state index in [0.717, 1.165) is 0 Å². The topological polar surface area (TPSA) is 0 Å². The number of thiophene rings is 1. The Labute approximate surface area is 125 Å². The minimum absolute atomic E-state index is 0.0925. The highest BCUT2D eigenvalue weighted by Crippen LogP contribution is 2.60. The molecule has 0 amide bonds. The van der Waals surface area contributed by atoms with Gasteiger partial charge in [0.1, 0.15) is 0 Å². The summed E-state index contributed by atoms with van der Waals surface area (Å²) in [7, 11) is 0. The van der Waals surface area contributed by atoms with Crippen LogP contribution < -0.4 is 0 Å². The Bertz CT molecular complexity index is 538. The largest absolute Gasteiger partial charge is 0.131 e. The van der Waals surface area contributed by atoms with Crippen LogP contribution in [0.2, 0.25) is 0 Å². The average molecular weight is 342 g/mol. The lowest BCUT2D eigenvalue weighted by Gasteiger charge is -2.21. The number of halogens is 2. The number of benzene rings is 1. The van der Waals surface area contributed by atoms with Gasteiger partial charge < -0.3 is 0 Å². The first-order chi connectivity index (χ1) is 8.63. The van der Waals surface area contributed by atoms with Gasteiger partial charge in [-0.2, -0.15) is 0 Å². The van der Waals surface area contributed by atoms with Crippen LogP contribution in [0.4, 0.5) is 0 Å². The maximum Gasteiger partial charge on any atom is 0.0775 e. The lowest BCUT2D eigenvalue weighted by Crippen LogP contribution is -2.12. The highest BCUT2D eigenvalue weighted by atomic mass is 79.9. The molecule has 3 rings (SSSR count). The fourth-order valence-electron chi connectivity index (χ4n) is 2.47. The molecule has 0 spiro atoms. The van der Waals surface area contributed by atoms with Gasteiger partial charge in [0.15, 0.2) is 0 Å². The number of rotatable bonds is 3. The third kappa shape index (κ3) is 2.04. The third-order valence-electron chi connectivity index (χ3n) is 3.75. The first kappa shape index (κ1) is 12.7. The molecule has 0 N–H and O–H groups in total. The summed E-state index contributed by atoms with van der Waals surface area (Å²) in [6.45, 7) is 2.12. The molecule has 1 atom stereocenters. The number of alkyl halides is 1. The SMILES string of the molecule is Cc1cc(C(Cl)C2(c3ccccc3)CC2)sc1Br. The van der Waals surface area contributed by atoms with Crippen molar-refractivity contribution in [1.82, 2.24) is 0 Å². The molecule has 1 saturated carbocycles. The Balaban J connectivity index is 1.95. The van der Waals surface area contributed by atoms with E-state index in [1.54, 1.807) is 11.3 Å². The molecule has 0 bridgehead atoms. The van der Waals surface area contributed by atoms with Gasteiger partial charge in [-0.05, 0) is 52.9 Å². The molecule has 18 heavy (non-hydrogen) atoms. The van der Waals surface area contributed by atoms with Gasteiger partial charge in [-0.15, -0.1) is 22.9 Å². The van der Waals surface area contributed by atoms with E-state index in [1.165, 1.54) is 32.6 Å². The van der Waals surface area contributed by atoms with Gasteiger partial charge in [-0.1, -0.05) is 30.3 Å². The highest BCUT2D eigenvalue weighted by Gasteiger charge is 2.51. The van der Waals surface area contributed by atoms with Crippen molar-refractivity contribution in [2.75, 3.05) is 0 Å². The molecule has 94 valence electrons. The molecular weight excluding hydrogens is 328 g/mol. The van der Waals surface area contributed by atoms with Gasteiger partial charge in [0.25, 0.3) is 0 Å². The fourth-order valence-corrected chi connectivity index (χ4v) is 4.68. The van der Waals surface area contributed by atoms with Crippen LogP contribution in [-0.2, 0) is 5.41 Å². The van der Waals surface area contributed by atoms with Gasteiger partial charge in [0.05, 0.1) is 9.16 Å². The normalized spacial score (nSPS) is 18.6. The molecule has 0 aliphatic heterocycles. The van der Waals surface area contributed by atoms with Crippen molar-refractivity contribution in [2.24, 2.45) is 0 Å². The second-order valence-electron chi connectivity index (χ2n) is 4.99. The van der Waals surface area contributed by atoms with Crippen LogP contribution in [-0.4, -0.2) is 0 Å². The van der Waals surface area contributed by atoms with E-state index in [4.69, 9.17) is 11.6 Å². The van der Waals surface area contributed by atoms with Crippen molar-refractivity contribution in [1.29, 1.82) is 0 Å². The van der Waals surface area contributed by atoms with Crippen LogP contribution in [0.3, 0.4) is 0 Å². The Kier molecular flexibility index (Phi) is 3.29. The molecule has 1 heterocycles. The molecule has 1 aliphatic rings. The summed E-state index contributed by atoms with van der Waals surface area (Å²) in [5, 5.41) is 0.0925. The summed E-state index contributed by atoms with van der Waals surface area (Å²) in [6.07, 6.45) is 2.39. The standard InChI is InChI=1S/C15H14BrClS/c1-10-9-12(18-14(10)16)13(17)15(7-8-15)11-5-3-2-4-6-11/h2-6,9,13H,7-8H2,1H3. The molecule has 1 aromatic heterocycles. The minimum atomic E-state index is 0.0925. The second kappa shape index (κ2) is 4.66. The first-order valence-corrected chi connectivity index (χ1v) is 8.13. The molecule has 0 saturated heterocycles. The average Bonchev–Trinajstić information content (AvgIpc) is 3.13. The Morgan fingerprint density at radius 1 is 1.28 bits per heavy atom. The lowest BCUT2D eigenvalue weighted by atomic mass is 9.91. The summed E-state index contributed by atoms with van der Waals surface area (Å²) in [5.74, 6) is 0. The smallest absolute Gasteiger partial charge is 0.0775 e. The first-order valence-electron chi connectivity index (χ1n) is 6.09. The van der Waals surface area contributed by atoms with Crippen molar-refractivity contribution >= 4 is 38.9 Å². The van der Waals surface area contributed by atoms with Crippen LogP contribution >= 0.6 is 38.9 Å². The molecule has 2 aromatic rings. The van der Waals surface area contributed by atoms with Crippen molar-refractivity contribution in [2.45, 2.75) is 30.6 Å². The molecule has 1 aromatic carbocycles. The molecule has 1 aliphatic carbocycles. The molecule has 1 fully saturated rings. The fraction of sp³-hybridized carbons (Fsp3) is 0.333. The van der Waals surface area contributed by atoms with Crippen LogP contribution in [0.5, 0.6) is 0 Å². The molecular formula is C15H14BrClS. The van der Waals surface area contributed by atoms with Gasteiger partial charge in [-0.3, -0.25) is 0 Å². The van der Waals surface area contributed by atoms with Crippen molar-refractivity contribution in [3.8, 4) is 0 Å². The Morgan fingerprint density at radius 3 is 2.44 bits per heavy atom. The predicted molar refractivity (Wildman–Crippen MR) is 82.7 cm³/mol. The Hall–Kier alpha value is -0.310. The zero-order valence-corrected chi connectivity index (χ0v) is 13.3. The van der Waals surface area contributed by atoms with Gasteiger partial charge in [0.2, 0.25) is 0 Å². The lowest BCUT2D eigenvalue weighted by molar-refractivity contribution is 0.670. The van der Waals surface area contributed by atoms with Crippen molar-refractivity contribution in [3.05, 3.63) is 56.2 Å². The van der Waals surface area contributed by atoms with Crippen LogP contribution in [0, 0.1) is 6.92 Å². The zero-order chi connectivity index (χ0) is 12.8. The summed E-state index contributed by atoms with van der Waals surface area (Å²) >= 11 is 12.1. The zero-order valence-electron chi connectivity index (χ0n) is 10.1. The predicted octanol–water partition coefficient (Wildman–Crippen LogP) is 5.83. The van der Waals surface area contributed by atoms with E-state index in [2.05, 4.69) is 59.3 Å².